The summed E-state index contributed by atoms with van der Waals surface area (Å²) in [5.41, 5.74) is 0.276. The summed E-state index contributed by atoms with van der Waals surface area (Å²) >= 11 is 0. The van der Waals surface area contributed by atoms with E-state index in [0.29, 0.717) is 0 Å². The first-order valence-electron chi connectivity index (χ1n) is 8.60. The Morgan fingerprint density at radius 2 is 1.86 bits per heavy atom. The summed E-state index contributed by atoms with van der Waals surface area (Å²) in [6.07, 6.45) is -0.967. The van der Waals surface area contributed by atoms with Crippen LogP contribution in [0.4, 0.5) is 15.3 Å². The zero-order chi connectivity index (χ0) is 21.0. The molecule has 28 heavy (non-hydrogen) atoms. The van der Waals surface area contributed by atoms with Crippen molar-refractivity contribution in [3.63, 3.8) is 0 Å². The Balaban J connectivity index is 2.73. The van der Waals surface area contributed by atoms with Crippen LogP contribution in [-0.2, 0) is 14.3 Å². The summed E-state index contributed by atoms with van der Waals surface area (Å²) in [4.78, 5) is 50.5. The molecule has 2 rings (SSSR count). The molecule has 1 aromatic rings. The second-order valence-electron chi connectivity index (χ2n) is 5.88. The number of nitrogens with zero attached hydrogens (tertiary/aromatic N) is 3. The highest BCUT2D eigenvalue weighted by Crippen LogP contribution is 2.38. The molecule has 0 radical (unpaired) electrons. The Bertz CT molecular complexity index is 849. The number of nitro groups is 1. The lowest BCUT2D eigenvalue weighted by molar-refractivity contribution is -0.384. The predicted molar refractivity (Wildman–Crippen MR) is 97.2 cm³/mol. The summed E-state index contributed by atoms with van der Waals surface area (Å²) in [5, 5.41) is 11.2. The van der Waals surface area contributed by atoms with Crippen molar-refractivity contribution >= 4 is 23.8 Å². The number of imide groups is 1. The van der Waals surface area contributed by atoms with Gasteiger partial charge in [0.2, 0.25) is 0 Å². The fourth-order valence-corrected chi connectivity index (χ4v) is 2.89. The van der Waals surface area contributed by atoms with Crippen LogP contribution in [0.2, 0.25) is 0 Å². The zero-order valence-electron chi connectivity index (χ0n) is 16.0. The second-order valence-corrected chi connectivity index (χ2v) is 5.88. The number of non-ortho nitro benzene ring substituents is 1. The lowest BCUT2D eigenvalue weighted by Gasteiger charge is -2.39. The minimum Gasteiger partial charge on any atom is -0.463 e. The van der Waals surface area contributed by atoms with Gasteiger partial charge in [0.05, 0.1) is 23.7 Å². The minimum absolute atomic E-state index is 0.00538. The van der Waals surface area contributed by atoms with E-state index in [0.717, 1.165) is 9.80 Å². The molecule has 0 saturated heterocycles. The first kappa shape index (κ1) is 20.9. The van der Waals surface area contributed by atoms with Gasteiger partial charge < -0.3 is 14.4 Å². The van der Waals surface area contributed by atoms with Crippen LogP contribution in [-0.4, -0.2) is 53.1 Å². The monoisotopic (exact) mass is 391 g/mol. The van der Waals surface area contributed by atoms with E-state index in [4.69, 9.17) is 9.47 Å². The highest BCUT2D eigenvalue weighted by molar-refractivity contribution is 6.00. The number of esters is 1. The van der Waals surface area contributed by atoms with Gasteiger partial charge in [0.15, 0.2) is 0 Å². The van der Waals surface area contributed by atoms with E-state index in [1.807, 2.05) is 0 Å². The van der Waals surface area contributed by atoms with Crippen molar-refractivity contribution in [2.24, 2.45) is 0 Å². The van der Waals surface area contributed by atoms with Gasteiger partial charge in [-0.05, 0) is 26.3 Å². The third-order valence-electron chi connectivity index (χ3n) is 4.27. The maximum Gasteiger partial charge on any atom is 0.418 e. The fourth-order valence-electron chi connectivity index (χ4n) is 2.89. The van der Waals surface area contributed by atoms with E-state index in [1.54, 1.807) is 13.8 Å². The average Bonchev–Trinajstić information content (AvgIpc) is 2.66. The molecule has 0 bridgehead atoms. The van der Waals surface area contributed by atoms with Gasteiger partial charge >= 0.3 is 18.1 Å². The molecule has 0 N–H and O–H groups in total. The van der Waals surface area contributed by atoms with E-state index in [-0.39, 0.29) is 35.7 Å². The van der Waals surface area contributed by atoms with Crippen molar-refractivity contribution < 1.29 is 28.8 Å². The SMILES string of the molecule is CCOC(=O)C1=C(C)N(C)C(=O)N(C(=O)OCC)C1c1cccc([N+](=O)[O-])c1. The molecule has 0 saturated carbocycles. The maximum absolute atomic E-state index is 12.8. The van der Waals surface area contributed by atoms with Crippen molar-refractivity contribution in [3.05, 3.63) is 51.2 Å². The third-order valence-corrected chi connectivity index (χ3v) is 4.27. The molecule has 3 amide bonds. The summed E-state index contributed by atoms with van der Waals surface area (Å²) in [6, 6.07) is 3.45. The lowest BCUT2D eigenvalue weighted by atomic mass is 9.93. The number of carbonyl (C=O) groups excluding carboxylic acids is 3. The molecule has 10 heteroatoms. The van der Waals surface area contributed by atoms with Gasteiger partial charge in [0.25, 0.3) is 5.69 Å². The molecule has 0 spiro atoms. The van der Waals surface area contributed by atoms with Crippen molar-refractivity contribution in [2.45, 2.75) is 26.8 Å². The lowest BCUT2D eigenvalue weighted by Crippen LogP contribution is -2.52. The number of hydrogen-bond donors (Lipinski definition) is 0. The fraction of sp³-hybridized carbons (Fsp3) is 0.389. The third kappa shape index (κ3) is 3.80. The molecule has 1 heterocycles. The molecule has 10 nitrogen and oxygen atoms in total. The van der Waals surface area contributed by atoms with Gasteiger partial charge in [-0.3, -0.25) is 10.1 Å². The number of benzene rings is 1. The highest BCUT2D eigenvalue weighted by Gasteiger charge is 2.45. The molecule has 1 aliphatic rings. The molecular weight excluding hydrogens is 370 g/mol. The largest absolute Gasteiger partial charge is 0.463 e. The number of hydrogen-bond acceptors (Lipinski definition) is 7. The molecule has 1 aliphatic heterocycles. The van der Waals surface area contributed by atoms with Crippen LogP contribution in [0.15, 0.2) is 35.5 Å². The molecule has 0 aromatic heterocycles. The Hall–Kier alpha value is -3.43. The van der Waals surface area contributed by atoms with Crippen LogP contribution in [0.3, 0.4) is 0 Å². The first-order valence-corrected chi connectivity index (χ1v) is 8.60. The number of urea groups is 1. The Labute approximate surface area is 161 Å². The van der Waals surface area contributed by atoms with Crippen molar-refractivity contribution in [1.29, 1.82) is 0 Å². The Morgan fingerprint density at radius 3 is 2.43 bits per heavy atom. The van der Waals surface area contributed by atoms with Gasteiger partial charge in [-0.1, -0.05) is 12.1 Å². The first-order chi connectivity index (χ1) is 13.2. The van der Waals surface area contributed by atoms with E-state index < -0.39 is 29.1 Å². The number of nitro benzene ring substituents is 1. The Morgan fingerprint density at radius 1 is 1.21 bits per heavy atom. The van der Waals surface area contributed by atoms with Crippen molar-refractivity contribution in [3.8, 4) is 0 Å². The van der Waals surface area contributed by atoms with Crippen LogP contribution in [0.5, 0.6) is 0 Å². The second kappa shape index (κ2) is 8.51. The number of amides is 3. The summed E-state index contributed by atoms with van der Waals surface area (Å²) < 4.78 is 10.1. The van der Waals surface area contributed by atoms with E-state index in [2.05, 4.69) is 0 Å². The molecule has 1 atom stereocenters. The summed E-state index contributed by atoms with van der Waals surface area (Å²) in [6.45, 7) is 4.82. The maximum atomic E-state index is 12.8. The number of rotatable bonds is 5. The quantitative estimate of drug-likeness (QED) is 0.430. The van der Waals surface area contributed by atoms with Gasteiger partial charge in [0, 0.05) is 24.9 Å². The highest BCUT2D eigenvalue weighted by atomic mass is 16.6. The Kier molecular flexibility index (Phi) is 6.34. The number of ether oxygens (including phenoxy) is 2. The van der Waals surface area contributed by atoms with Crippen LogP contribution in [0.1, 0.15) is 32.4 Å². The van der Waals surface area contributed by atoms with Crippen LogP contribution < -0.4 is 0 Å². The summed E-state index contributed by atoms with van der Waals surface area (Å²) in [5.74, 6) is -0.731. The normalized spacial score (nSPS) is 16.9. The number of allylic oxidation sites excluding steroid dienone is 1. The average molecular weight is 391 g/mol. The standard InChI is InChI=1S/C18H21N3O7/c1-5-27-16(22)14-11(3)19(4)17(23)20(18(24)28-6-2)15(14)12-8-7-9-13(10-12)21(25)26/h7-10,15H,5-6H2,1-4H3. The van der Waals surface area contributed by atoms with Gasteiger partial charge in [0.1, 0.15) is 6.04 Å². The zero-order valence-corrected chi connectivity index (χ0v) is 16.0. The van der Waals surface area contributed by atoms with Gasteiger partial charge in [-0.2, -0.15) is 0 Å². The smallest absolute Gasteiger partial charge is 0.418 e. The van der Waals surface area contributed by atoms with Crippen molar-refractivity contribution in [2.75, 3.05) is 20.3 Å². The van der Waals surface area contributed by atoms with Crippen LogP contribution >= 0.6 is 0 Å². The summed E-state index contributed by atoms with van der Waals surface area (Å²) in [7, 11) is 1.41. The number of carbonyl (C=O) groups is 3. The van der Waals surface area contributed by atoms with E-state index in [1.165, 1.54) is 38.2 Å². The van der Waals surface area contributed by atoms with Crippen molar-refractivity contribution in [1.82, 2.24) is 9.80 Å². The van der Waals surface area contributed by atoms with Crippen LogP contribution in [0.25, 0.3) is 0 Å². The molecular formula is C18H21N3O7. The molecule has 0 aliphatic carbocycles. The molecule has 1 aromatic carbocycles. The molecule has 1 unspecified atom stereocenters. The topological polar surface area (TPSA) is 119 Å². The molecule has 0 fully saturated rings. The van der Waals surface area contributed by atoms with Crippen LogP contribution in [0, 0.1) is 10.1 Å². The van der Waals surface area contributed by atoms with E-state index >= 15 is 0 Å². The molecule has 150 valence electrons. The predicted octanol–water partition coefficient (Wildman–Crippen LogP) is 3.00. The van der Waals surface area contributed by atoms with Gasteiger partial charge in [-0.25, -0.2) is 19.3 Å². The van der Waals surface area contributed by atoms with Gasteiger partial charge in [-0.15, -0.1) is 0 Å². The minimum atomic E-state index is -1.22. The van der Waals surface area contributed by atoms with E-state index in [9.17, 15) is 24.5 Å².